The van der Waals surface area contributed by atoms with Crippen molar-refractivity contribution >= 4 is 21.8 Å². The Balaban J connectivity index is 2.84. The molecule has 1 amide bonds. The SMILES string of the molecule is Cc1cc(C(=O)NC(CCO)C(C)(C)C)ccc1Br. The molecule has 106 valence electrons. The molecule has 19 heavy (non-hydrogen) atoms. The number of carbonyl (C=O) groups is 1. The van der Waals surface area contributed by atoms with Gasteiger partial charge in [-0.15, -0.1) is 0 Å². The Hall–Kier alpha value is -0.870. The second-order valence-electron chi connectivity index (χ2n) is 5.87. The van der Waals surface area contributed by atoms with Crippen LogP contribution in [-0.2, 0) is 0 Å². The van der Waals surface area contributed by atoms with Crippen LogP contribution in [0.3, 0.4) is 0 Å². The van der Waals surface area contributed by atoms with Crippen LogP contribution in [0.25, 0.3) is 0 Å². The second kappa shape index (κ2) is 6.53. The summed E-state index contributed by atoms with van der Waals surface area (Å²) in [6, 6.07) is 5.49. The summed E-state index contributed by atoms with van der Waals surface area (Å²) in [6.45, 7) is 8.19. The van der Waals surface area contributed by atoms with Gasteiger partial charge in [-0.25, -0.2) is 0 Å². The summed E-state index contributed by atoms with van der Waals surface area (Å²) in [5.41, 5.74) is 1.60. The van der Waals surface area contributed by atoms with E-state index in [0.29, 0.717) is 12.0 Å². The van der Waals surface area contributed by atoms with Gasteiger partial charge >= 0.3 is 0 Å². The van der Waals surface area contributed by atoms with Crippen molar-refractivity contribution in [1.82, 2.24) is 5.32 Å². The zero-order chi connectivity index (χ0) is 14.6. The van der Waals surface area contributed by atoms with Crippen molar-refractivity contribution in [3.63, 3.8) is 0 Å². The molecule has 0 saturated carbocycles. The second-order valence-corrected chi connectivity index (χ2v) is 6.72. The van der Waals surface area contributed by atoms with Gasteiger partial charge in [-0.1, -0.05) is 36.7 Å². The predicted octanol–water partition coefficient (Wildman–Crippen LogP) is 3.28. The van der Waals surface area contributed by atoms with Crippen molar-refractivity contribution in [1.29, 1.82) is 0 Å². The molecule has 1 aromatic rings. The van der Waals surface area contributed by atoms with E-state index in [2.05, 4.69) is 42.0 Å². The van der Waals surface area contributed by atoms with Crippen molar-refractivity contribution in [3.05, 3.63) is 33.8 Å². The first-order valence-electron chi connectivity index (χ1n) is 6.43. The van der Waals surface area contributed by atoms with Crippen molar-refractivity contribution in [2.75, 3.05) is 6.61 Å². The number of hydrogen-bond acceptors (Lipinski definition) is 2. The molecule has 0 saturated heterocycles. The Labute approximate surface area is 123 Å². The predicted molar refractivity (Wildman–Crippen MR) is 81.3 cm³/mol. The highest BCUT2D eigenvalue weighted by Crippen LogP contribution is 2.23. The van der Waals surface area contributed by atoms with Crippen molar-refractivity contribution in [2.45, 2.75) is 40.2 Å². The number of aliphatic hydroxyl groups excluding tert-OH is 1. The topological polar surface area (TPSA) is 49.3 Å². The molecular weight excluding hydrogens is 306 g/mol. The third-order valence-corrected chi connectivity index (χ3v) is 4.08. The number of nitrogens with one attached hydrogen (secondary N) is 1. The fraction of sp³-hybridized carbons (Fsp3) is 0.533. The largest absolute Gasteiger partial charge is 0.396 e. The van der Waals surface area contributed by atoms with Crippen LogP contribution >= 0.6 is 15.9 Å². The summed E-state index contributed by atoms with van der Waals surface area (Å²) < 4.78 is 0.992. The number of hydrogen-bond donors (Lipinski definition) is 2. The maximum Gasteiger partial charge on any atom is 0.251 e. The van der Waals surface area contributed by atoms with Gasteiger partial charge in [-0.3, -0.25) is 4.79 Å². The number of amides is 1. The highest BCUT2D eigenvalue weighted by molar-refractivity contribution is 9.10. The molecule has 0 radical (unpaired) electrons. The first-order valence-corrected chi connectivity index (χ1v) is 7.23. The third kappa shape index (κ3) is 4.62. The lowest BCUT2D eigenvalue weighted by molar-refractivity contribution is 0.0885. The Bertz CT molecular complexity index is 452. The Morgan fingerprint density at radius 3 is 2.53 bits per heavy atom. The Kier molecular flexibility index (Phi) is 5.56. The van der Waals surface area contributed by atoms with Gasteiger partial charge in [0.25, 0.3) is 5.91 Å². The van der Waals surface area contributed by atoms with Gasteiger partial charge in [0.1, 0.15) is 0 Å². The van der Waals surface area contributed by atoms with E-state index in [-0.39, 0.29) is 24.0 Å². The lowest BCUT2D eigenvalue weighted by Gasteiger charge is -2.31. The van der Waals surface area contributed by atoms with Gasteiger partial charge in [0.15, 0.2) is 0 Å². The average Bonchev–Trinajstić information content (AvgIpc) is 2.30. The van der Waals surface area contributed by atoms with E-state index in [1.54, 1.807) is 6.07 Å². The minimum atomic E-state index is -0.0935. The number of aryl methyl sites for hydroxylation is 1. The molecule has 4 heteroatoms. The van der Waals surface area contributed by atoms with E-state index in [4.69, 9.17) is 5.11 Å². The molecule has 1 atom stereocenters. The molecule has 1 rings (SSSR count). The van der Waals surface area contributed by atoms with Crippen LogP contribution in [0.15, 0.2) is 22.7 Å². The number of aliphatic hydroxyl groups is 1. The Morgan fingerprint density at radius 2 is 2.05 bits per heavy atom. The number of carbonyl (C=O) groups excluding carboxylic acids is 1. The average molecular weight is 328 g/mol. The fourth-order valence-electron chi connectivity index (χ4n) is 1.88. The standard InChI is InChI=1S/C15H22BrNO2/c1-10-9-11(5-6-12(10)16)14(19)17-13(7-8-18)15(2,3)4/h5-6,9,13,18H,7-8H2,1-4H3,(H,17,19). The van der Waals surface area contributed by atoms with Crippen molar-refractivity contribution in [2.24, 2.45) is 5.41 Å². The van der Waals surface area contributed by atoms with Gasteiger partial charge < -0.3 is 10.4 Å². The van der Waals surface area contributed by atoms with Crippen LogP contribution in [-0.4, -0.2) is 23.7 Å². The van der Waals surface area contributed by atoms with Crippen LogP contribution in [0.1, 0.15) is 43.1 Å². The minimum absolute atomic E-state index is 0.0473. The molecule has 0 aliphatic heterocycles. The molecule has 1 aromatic carbocycles. The molecule has 0 bridgehead atoms. The zero-order valence-corrected chi connectivity index (χ0v) is 13.5. The van der Waals surface area contributed by atoms with Crippen LogP contribution in [0.5, 0.6) is 0 Å². The van der Waals surface area contributed by atoms with Gasteiger partial charge in [0.05, 0.1) is 0 Å². The number of rotatable bonds is 4. The third-order valence-electron chi connectivity index (χ3n) is 3.19. The van der Waals surface area contributed by atoms with Crippen molar-refractivity contribution < 1.29 is 9.90 Å². The van der Waals surface area contributed by atoms with Crippen LogP contribution in [0.4, 0.5) is 0 Å². The van der Waals surface area contributed by atoms with Crippen LogP contribution in [0.2, 0.25) is 0 Å². The molecule has 2 N–H and O–H groups in total. The normalized spacial score (nSPS) is 13.2. The zero-order valence-electron chi connectivity index (χ0n) is 12.0. The first-order chi connectivity index (χ1) is 8.75. The molecule has 1 unspecified atom stereocenters. The van der Waals surface area contributed by atoms with Crippen LogP contribution in [0, 0.1) is 12.3 Å². The lowest BCUT2D eigenvalue weighted by atomic mass is 9.84. The maximum atomic E-state index is 12.2. The van der Waals surface area contributed by atoms with E-state index in [9.17, 15) is 4.79 Å². The van der Waals surface area contributed by atoms with E-state index in [1.807, 2.05) is 19.1 Å². The van der Waals surface area contributed by atoms with E-state index >= 15 is 0 Å². The molecule has 0 heterocycles. The quantitative estimate of drug-likeness (QED) is 0.891. The highest BCUT2D eigenvalue weighted by atomic mass is 79.9. The molecule has 0 spiro atoms. The van der Waals surface area contributed by atoms with E-state index < -0.39 is 0 Å². The van der Waals surface area contributed by atoms with Gasteiger partial charge in [0, 0.05) is 22.7 Å². The maximum absolute atomic E-state index is 12.2. The fourth-order valence-corrected chi connectivity index (χ4v) is 2.12. The molecule has 0 aliphatic rings. The minimum Gasteiger partial charge on any atom is -0.396 e. The summed E-state index contributed by atoms with van der Waals surface area (Å²) >= 11 is 3.42. The lowest BCUT2D eigenvalue weighted by Crippen LogP contribution is -2.44. The first kappa shape index (κ1) is 16.2. The molecule has 3 nitrogen and oxygen atoms in total. The summed E-state index contributed by atoms with van der Waals surface area (Å²) in [7, 11) is 0. The van der Waals surface area contributed by atoms with Gasteiger partial charge in [-0.05, 0) is 42.5 Å². The number of halogens is 1. The van der Waals surface area contributed by atoms with Crippen molar-refractivity contribution in [3.8, 4) is 0 Å². The summed E-state index contributed by atoms with van der Waals surface area (Å²) in [5, 5.41) is 12.1. The monoisotopic (exact) mass is 327 g/mol. The highest BCUT2D eigenvalue weighted by Gasteiger charge is 2.26. The van der Waals surface area contributed by atoms with Gasteiger partial charge in [0.2, 0.25) is 0 Å². The van der Waals surface area contributed by atoms with Crippen LogP contribution < -0.4 is 5.32 Å². The smallest absolute Gasteiger partial charge is 0.251 e. The van der Waals surface area contributed by atoms with E-state index in [1.165, 1.54) is 0 Å². The summed E-state index contributed by atoms with van der Waals surface area (Å²) in [5.74, 6) is -0.0935. The summed E-state index contributed by atoms with van der Waals surface area (Å²) in [4.78, 5) is 12.2. The molecule has 0 aromatic heterocycles. The molecular formula is C15H22BrNO2. The van der Waals surface area contributed by atoms with Gasteiger partial charge in [-0.2, -0.15) is 0 Å². The summed E-state index contributed by atoms with van der Waals surface area (Å²) in [6.07, 6.45) is 0.560. The molecule has 0 fully saturated rings. The number of benzene rings is 1. The Morgan fingerprint density at radius 1 is 1.42 bits per heavy atom. The van der Waals surface area contributed by atoms with E-state index in [0.717, 1.165) is 10.0 Å². The molecule has 0 aliphatic carbocycles.